The van der Waals surface area contributed by atoms with E-state index in [4.69, 9.17) is 9.47 Å². The van der Waals surface area contributed by atoms with Crippen molar-refractivity contribution >= 4 is 0 Å². The molecule has 4 aliphatic rings. The largest absolute Gasteiger partial charge is 0.342 e. The molecule has 0 bridgehead atoms. The molecule has 0 aromatic heterocycles. The third-order valence-corrected chi connectivity index (χ3v) is 6.36. The van der Waals surface area contributed by atoms with Crippen LogP contribution in [0.4, 0.5) is 0 Å². The minimum atomic E-state index is -0.245. The Hall–Kier alpha value is -0.340. The molecule has 2 aliphatic carbocycles. The van der Waals surface area contributed by atoms with Gasteiger partial charge in [-0.15, -0.1) is 0 Å². The fraction of sp³-hybridized carbons (Fsp3) is 0.867. The second-order valence-electron chi connectivity index (χ2n) is 6.99. The van der Waals surface area contributed by atoms with Crippen LogP contribution in [0, 0.1) is 17.3 Å². The fourth-order valence-electron chi connectivity index (χ4n) is 4.87. The zero-order valence-electron chi connectivity index (χ0n) is 10.9. The molecule has 4 rings (SSSR count). The molecule has 0 aromatic carbocycles. The van der Waals surface area contributed by atoms with Gasteiger partial charge in [-0.25, -0.2) is 0 Å². The van der Waals surface area contributed by atoms with Crippen LogP contribution in [0.15, 0.2) is 12.2 Å². The predicted molar refractivity (Wildman–Crippen MR) is 65.5 cm³/mol. The van der Waals surface area contributed by atoms with Gasteiger partial charge >= 0.3 is 0 Å². The third kappa shape index (κ3) is 1.01. The number of ether oxygens (including phenoxy) is 2. The lowest BCUT2D eigenvalue weighted by molar-refractivity contribution is -0.0776. The molecule has 2 saturated carbocycles. The smallest absolute Gasteiger partial charge is 0.203 e. The van der Waals surface area contributed by atoms with Gasteiger partial charge in [-0.05, 0) is 35.7 Å². The van der Waals surface area contributed by atoms with Crippen molar-refractivity contribution in [2.24, 2.45) is 17.3 Å². The topological polar surface area (TPSA) is 21.8 Å². The van der Waals surface area contributed by atoms with Gasteiger partial charge in [0.05, 0.1) is 6.61 Å². The molecule has 0 amide bonds. The molecule has 2 heteroatoms. The highest BCUT2D eigenvalue weighted by atomic mass is 16.8. The summed E-state index contributed by atoms with van der Waals surface area (Å²) in [6.45, 7) is 9.82. The van der Waals surface area contributed by atoms with Gasteiger partial charge in [0.2, 0.25) is 5.79 Å². The lowest BCUT2D eigenvalue weighted by Gasteiger charge is -2.50. The van der Waals surface area contributed by atoms with Crippen LogP contribution in [-0.4, -0.2) is 18.0 Å². The maximum absolute atomic E-state index is 6.08. The third-order valence-electron chi connectivity index (χ3n) is 6.36. The normalized spacial score (nSPS) is 60.5. The molecule has 17 heavy (non-hydrogen) atoms. The van der Waals surface area contributed by atoms with Crippen molar-refractivity contribution in [2.45, 2.75) is 57.3 Å². The van der Waals surface area contributed by atoms with E-state index in [0.717, 1.165) is 31.3 Å². The summed E-state index contributed by atoms with van der Waals surface area (Å²) in [5, 5.41) is 0. The van der Waals surface area contributed by atoms with Gasteiger partial charge in [-0.1, -0.05) is 33.3 Å². The van der Waals surface area contributed by atoms with Crippen LogP contribution in [0.25, 0.3) is 0 Å². The second-order valence-corrected chi connectivity index (χ2v) is 6.99. The summed E-state index contributed by atoms with van der Waals surface area (Å²) in [4.78, 5) is 0. The molecule has 0 radical (unpaired) electrons. The van der Waals surface area contributed by atoms with Gasteiger partial charge in [0.15, 0.2) is 0 Å². The van der Waals surface area contributed by atoms with Gasteiger partial charge in [0, 0.05) is 6.42 Å². The first-order valence-electron chi connectivity index (χ1n) is 7.05. The number of hydrogen-bond acceptors (Lipinski definition) is 2. The zero-order chi connectivity index (χ0) is 11.9. The van der Waals surface area contributed by atoms with Gasteiger partial charge in [0.25, 0.3) is 0 Å². The van der Waals surface area contributed by atoms with E-state index in [1.165, 1.54) is 24.8 Å². The summed E-state index contributed by atoms with van der Waals surface area (Å²) >= 11 is 0. The molecular formula is C15H22O2. The van der Waals surface area contributed by atoms with Crippen molar-refractivity contribution in [1.82, 2.24) is 0 Å². The Morgan fingerprint density at radius 2 is 2.18 bits per heavy atom. The number of fused-ring (bicyclic) bond motifs is 1. The summed E-state index contributed by atoms with van der Waals surface area (Å²) in [6.07, 6.45) is 6.37. The van der Waals surface area contributed by atoms with Crippen molar-refractivity contribution in [3.63, 3.8) is 0 Å². The molecule has 2 saturated heterocycles. The molecule has 2 aliphatic heterocycles. The Morgan fingerprint density at radius 3 is 3.00 bits per heavy atom. The first kappa shape index (κ1) is 10.6. The standard InChI is InChI=1S/C15H22O2/c1-10-5-4-6-12-7-15-14(17-15,9-13(10,12)3)11(2)8-16-15/h10,12H,2,4-9H2,1,3H3. The average Bonchev–Trinajstić information content (AvgIpc) is 2.86. The lowest BCUT2D eigenvalue weighted by atomic mass is 9.53. The molecule has 0 spiro atoms. The molecular weight excluding hydrogens is 212 g/mol. The van der Waals surface area contributed by atoms with Crippen LogP contribution < -0.4 is 0 Å². The van der Waals surface area contributed by atoms with Crippen LogP contribution in [0.2, 0.25) is 0 Å². The highest BCUT2D eigenvalue weighted by Crippen LogP contribution is 2.72. The molecule has 5 atom stereocenters. The minimum Gasteiger partial charge on any atom is -0.342 e. The maximum atomic E-state index is 6.08. The van der Waals surface area contributed by atoms with Crippen molar-refractivity contribution in [2.75, 3.05) is 6.61 Å². The van der Waals surface area contributed by atoms with E-state index >= 15 is 0 Å². The van der Waals surface area contributed by atoms with Gasteiger partial charge in [0.1, 0.15) is 5.60 Å². The Balaban J connectivity index is 1.74. The molecule has 0 N–H and O–H groups in total. The Labute approximate surface area is 103 Å². The Morgan fingerprint density at radius 1 is 1.35 bits per heavy atom. The molecule has 5 unspecified atom stereocenters. The molecule has 4 fully saturated rings. The minimum absolute atomic E-state index is 0.0934. The first-order valence-corrected chi connectivity index (χ1v) is 7.05. The lowest BCUT2D eigenvalue weighted by Crippen LogP contribution is -2.48. The van der Waals surface area contributed by atoms with E-state index < -0.39 is 0 Å². The number of epoxide rings is 1. The van der Waals surface area contributed by atoms with Crippen LogP contribution >= 0.6 is 0 Å². The quantitative estimate of drug-likeness (QED) is 0.474. The monoisotopic (exact) mass is 234 g/mol. The second kappa shape index (κ2) is 2.80. The van der Waals surface area contributed by atoms with Gasteiger partial charge in [-0.3, -0.25) is 0 Å². The maximum Gasteiger partial charge on any atom is 0.203 e. The molecule has 2 heterocycles. The average molecular weight is 234 g/mol. The zero-order valence-corrected chi connectivity index (χ0v) is 10.9. The SMILES string of the molecule is C=C1COC23CC4CCCC(C)C4(C)CC12O3. The van der Waals surface area contributed by atoms with Crippen LogP contribution in [-0.2, 0) is 9.47 Å². The first-order chi connectivity index (χ1) is 8.03. The highest BCUT2D eigenvalue weighted by molar-refractivity contribution is 5.37. The number of hydrogen-bond donors (Lipinski definition) is 0. The van der Waals surface area contributed by atoms with E-state index in [9.17, 15) is 0 Å². The fourth-order valence-corrected chi connectivity index (χ4v) is 4.87. The van der Waals surface area contributed by atoms with E-state index in [2.05, 4.69) is 20.4 Å². The summed E-state index contributed by atoms with van der Waals surface area (Å²) in [6, 6.07) is 0. The van der Waals surface area contributed by atoms with Crippen molar-refractivity contribution in [3.05, 3.63) is 12.2 Å². The summed E-state index contributed by atoms with van der Waals surface area (Å²) in [7, 11) is 0. The van der Waals surface area contributed by atoms with E-state index in [1.807, 2.05) is 0 Å². The Bertz CT molecular complexity index is 404. The van der Waals surface area contributed by atoms with Crippen molar-refractivity contribution < 1.29 is 9.47 Å². The Kier molecular flexibility index (Phi) is 1.74. The van der Waals surface area contributed by atoms with Crippen LogP contribution in [0.3, 0.4) is 0 Å². The highest BCUT2D eigenvalue weighted by Gasteiger charge is 2.81. The number of rotatable bonds is 0. The molecule has 2 nitrogen and oxygen atoms in total. The van der Waals surface area contributed by atoms with Crippen LogP contribution in [0.5, 0.6) is 0 Å². The van der Waals surface area contributed by atoms with Crippen LogP contribution in [0.1, 0.15) is 46.0 Å². The molecule has 94 valence electrons. The van der Waals surface area contributed by atoms with E-state index in [1.54, 1.807) is 0 Å². The summed E-state index contributed by atoms with van der Waals surface area (Å²) in [5.41, 5.74) is 1.54. The van der Waals surface area contributed by atoms with E-state index in [0.29, 0.717) is 5.41 Å². The summed E-state index contributed by atoms with van der Waals surface area (Å²) in [5.74, 6) is 1.35. The summed E-state index contributed by atoms with van der Waals surface area (Å²) < 4.78 is 12.0. The van der Waals surface area contributed by atoms with E-state index in [-0.39, 0.29) is 11.4 Å². The van der Waals surface area contributed by atoms with Crippen molar-refractivity contribution in [3.8, 4) is 0 Å². The van der Waals surface area contributed by atoms with Crippen molar-refractivity contribution in [1.29, 1.82) is 0 Å². The predicted octanol–water partition coefficient (Wildman–Crippen LogP) is 3.27. The van der Waals surface area contributed by atoms with Gasteiger partial charge < -0.3 is 9.47 Å². The van der Waals surface area contributed by atoms with Gasteiger partial charge in [-0.2, -0.15) is 0 Å². The molecule has 0 aromatic rings.